The van der Waals surface area contributed by atoms with Gasteiger partial charge in [-0.15, -0.1) is 11.3 Å². The molecule has 0 saturated carbocycles. The van der Waals surface area contributed by atoms with Crippen LogP contribution in [0.4, 0.5) is 0 Å². The Morgan fingerprint density at radius 2 is 1.82 bits per heavy atom. The van der Waals surface area contributed by atoms with Crippen molar-refractivity contribution in [3.63, 3.8) is 0 Å². The van der Waals surface area contributed by atoms with Crippen LogP contribution in [-0.2, 0) is 16.8 Å². The molecule has 2 rings (SSSR count). The average molecular weight is 402 g/mol. The van der Waals surface area contributed by atoms with Crippen LogP contribution in [0.25, 0.3) is 0 Å². The number of nitrogens with zero attached hydrogens (tertiary/aromatic N) is 1. The Morgan fingerprint density at radius 3 is 2.39 bits per heavy atom. The third kappa shape index (κ3) is 6.38. The van der Waals surface area contributed by atoms with Gasteiger partial charge >= 0.3 is 0 Å². The number of amides is 2. The molecule has 150 valence electrons. The SMILES string of the molecule is CN=C(NCc1ccc(C(=O)NCC(N)=O)cc1)NCC(C)(C)c1cccs1. The molecule has 0 saturated heterocycles. The predicted octanol–water partition coefficient (Wildman–Crippen LogP) is 1.61. The molecule has 5 N–H and O–H groups in total. The van der Waals surface area contributed by atoms with Gasteiger partial charge < -0.3 is 21.7 Å². The van der Waals surface area contributed by atoms with Crippen LogP contribution in [0.5, 0.6) is 0 Å². The van der Waals surface area contributed by atoms with Gasteiger partial charge in [0.25, 0.3) is 5.91 Å². The molecule has 0 fully saturated rings. The lowest BCUT2D eigenvalue weighted by Crippen LogP contribution is -2.42. The maximum Gasteiger partial charge on any atom is 0.251 e. The van der Waals surface area contributed by atoms with E-state index in [4.69, 9.17) is 5.73 Å². The Hall–Kier alpha value is -2.87. The first-order valence-corrected chi connectivity index (χ1v) is 9.84. The zero-order valence-corrected chi connectivity index (χ0v) is 17.2. The van der Waals surface area contributed by atoms with E-state index in [0.29, 0.717) is 18.1 Å². The van der Waals surface area contributed by atoms with Crippen molar-refractivity contribution >= 4 is 29.1 Å². The Bertz CT molecular complexity index is 814. The highest BCUT2D eigenvalue weighted by atomic mass is 32.1. The summed E-state index contributed by atoms with van der Waals surface area (Å²) in [5.74, 6) is -0.185. The summed E-state index contributed by atoms with van der Waals surface area (Å²) in [6, 6.07) is 11.3. The summed E-state index contributed by atoms with van der Waals surface area (Å²) >= 11 is 1.75. The first-order valence-electron chi connectivity index (χ1n) is 8.96. The van der Waals surface area contributed by atoms with Gasteiger partial charge in [-0.05, 0) is 29.1 Å². The third-order valence-corrected chi connectivity index (χ3v) is 5.44. The lowest BCUT2D eigenvalue weighted by Gasteiger charge is -2.25. The Labute approximate surface area is 169 Å². The molecular formula is C20H27N5O2S. The largest absolute Gasteiger partial charge is 0.368 e. The van der Waals surface area contributed by atoms with E-state index in [1.165, 1.54) is 4.88 Å². The Morgan fingerprint density at radius 1 is 1.11 bits per heavy atom. The van der Waals surface area contributed by atoms with Crippen LogP contribution in [0.1, 0.15) is 34.6 Å². The van der Waals surface area contributed by atoms with Gasteiger partial charge in [0.05, 0.1) is 6.54 Å². The van der Waals surface area contributed by atoms with Crippen LogP contribution < -0.4 is 21.7 Å². The molecule has 2 amide bonds. The van der Waals surface area contributed by atoms with Crippen molar-refractivity contribution in [1.29, 1.82) is 0 Å². The summed E-state index contributed by atoms with van der Waals surface area (Å²) in [6.45, 7) is 5.54. The number of carbonyl (C=O) groups is 2. The van der Waals surface area contributed by atoms with E-state index >= 15 is 0 Å². The Kier molecular flexibility index (Phi) is 7.57. The topological polar surface area (TPSA) is 109 Å². The van der Waals surface area contributed by atoms with E-state index in [2.05, 4.69) is 52.3 Å². The molecule has 0 aliphatic carbocycles. The molecule has 0 aliphatic rings. The quantitative estimate of drug-likeness (QED) is 0.398. The van der Waals surface area contributed by atoms with Crippen molar-refractivity contribution in [3.05, 3.63) is 57.8 Å². The number of nitrogens with two attached hydrogens (primary N) is 1. The maximum absolute atomic E-state index is 11.9. The number of aliphatic imine (C=N–C) groups is 1. The second kappa shape index (κ2) is 9.89. The van der Waals surface area contributed by atoms with Crippen LogP contribution in [0.2, 0.25) is 0 Å². The van der Waals surface area contributed by atoms with Crippen molar-refractivity contribution in [2.75, 3.05) is 20.1 Å². The molecular weight excluding hydrogens is 374 g/mol. The first kappa shape index (κ1) is 21.4. The highest BCUT2D eigenvalue weighted by molar-refractivity contribution is 7.10. The molecule has 7 nitrogen and oxygen atoms in total. The number of thiophene rings is 1. The molecule has 1 aromatic carbocycles. The predicted molar refractivity (Wildman–Crippen MR) is 114 cm³/mol. The van der Waals surface area contributed by atoms with Crippen LogP contribution in [-0.4, -0.2) is 37.9 Å². The van der Waals surface area contributed by atoms with Gasteiger partial charge in [0.15, 0.2) is 5.96 Å². The number of nitrogens with one attached hydrogen (secondary N) is 3. The van der Waals surface area contributed by atoms with Gasteiger partial charge in [-0.1, -0.05) is 32.0 Å². The summed E-state index contributed by atoms with van der Waals surface area (Å²) in [5, 5.41) is 11.2. The zero-order chi connectivity index (χ0) is 20.6. The maximum atomic E-state index is 11.9. The van der Waals surface area contributed by atoms with E-state index in [9.17, 15) is 9.59 Å². The van der Waals surface area contributed by atoms with E-state index in [1.807, 2.05) is 12.1 Å². The highest BCUT2D eigenvalue weighted by Gasteiger charge is 2.21. The zero-order valence-electron chi connectivity index (χ0n) is 16.4. The fourth-order valence-electron chi connectivity index (χ4n) is 2.51. The van der Waals surface area contributed by atoms with Gasteiger partial charge in [-0.25, -0.2) is 0 Å². The lowest BCUT2D eigenvalue weighted by atomic mass is 9.91. The lowest BCUT2D eigenvalue weighted by molar-refractivity contribution is -0.117. The summed E-state index contributed by atoms with van der Waals surface area (Å²) < 4.78 is 0. The number of benzene rings is 1. The standard InChI is InChI=1S/C20H27N5O2S/c1-20(2,16-5-4-10-28-16)13-25-19(22-3)24-11-14-6-8-15(9-7-14)18(27)23-12-17(21)26/h4-10H,11-13H2,1-3H3,(H2,21,26)(H,23,27)(H2,22,24,25). The van der Waals surface area contributed by atoms with Gasteiger partial charge in [-0.3, -0.25) is 14.6 Å². The van der Waals surface area contributed by atoms with Crippen LogP contribution in [0.3, 0.4) is 0 Å². The van der Waals surface area contributed by atoms with Crippen molar-refractivity contribution in [3.8, 4) is 0 Å². The Balaban J connectivity index is 1.84. The third-order valence-electron chi connectivity index (χ3n) is 4.21. The first-order chi connectivity index (χ1) is 13.3. The highest BCUT2D eigenvalue weighted by Crippen LogP contribution is 2.26. The molecule has 1 aromatic heterocycles. The normalized spacial score (nSPS) is 11.8. The molecule has 0 unspecified atom stereocenters. The molecule has 2 aromatic rings. The smallest absolute Gasteiger partial charge is 0.251 e. The van der Waals surface area contributed by atoms with Crippen LogP contribution in [0, 0.1) is 0 Å². The van der Waals surface area contributed by atoms with Crippen molar-refractivity contribution in [1.82, 2.24) is 16.0 Å². The molecule has 0 aliphatic heterocycles. The van der Waals surface area contributed by atoms with E-state index in [-0.39, 0.29) is 17.9 Å². The van der Waals surface area contributed by atoms with Gasteiger partial charge in [0, 0.05) is 36.0 Å². The van der Waals surface area contributed by atoms with E-state index in [1.54, 1.807) is 30.5 Å². The van der Waals surface area contributed by atoms with Crippen molar-refractivity contribution in [2.24, 2.45) is 10.7 Å². The molecule has 0 atom stereocenters. The monoisotopic (exact) mass is 401 g/mol. The second-order valence-electron chi connectivity index (χ2n) is 6.99. The number of rotatable bonds is 8. The van der Waals surface area contributed by atoms with Crippen LogP contribution in [0.15, 0.2) is 46.8 Å². The molecule has 0 radical (unpaired) electrons. The number of hydrogen-bond acceptors (Lipinski definition) is 4. The molecule has 8 heteroatoms. The van der Waals surface area contributed by atoms with Crippen LogP contribution >= 0.6 is 11.3 Å². The van der Waals surface area contributed by atoms with Crippen molar-refractivity contribution < 1.29 is 9.59 Å². The minimum absolute atomic E-state index is 0.00566. The minimum atomic E-state index is -0.574. The molecule has 0 bridgehead atoms. The summed E-state index contributed by atoms with van der Waals surface area (Å²) in [6.07, 6.45) is 0. The number of guanidine groups is 1. The number of carbonyl (C=O) groups excluding carboxylic acids is 2. The number of hydrogen-bond donors (Lipinski definition) is 4. The van der Waals surface area contributed by atoms with Gasteiger partial charge in [0.2, 0.25) is 5.91 Å². The van der Waals surface area contributed by atoms with Gasteiger partial charge in [0.1, 0.15) is 0 Å². The molecule has 1 heterocycles. The van der Waals surface area contributed by atoms with E-state index < -0.39 is 5.91 Å². The summed E-state index contributed by atoms with van der Waals surface area (Å²) in [7, 11) is 1.74. The molecule has 0 spiro atoms. The number of primary amides is 1. The molecule has 28 heavy (non-hydrogen) atoms. The van der Waals surface area contributed by atoms with Crippen molar-refractivity contribution in [2.45, 2.75) is 25.8 Å². The second-order valence-corrected chi connectivity index (χ2v) is 7.93. The summed E-state index contributed by atoms with van der Waals surface area (Å²) in [5.41, 5.74) is 6.51. The van der Waals surface area contributed by atoms with E-state index in [0.717, 1.165) is 12.1 Å². The van der Waals surface area contributed by atoms with Gasteiger partial charge in [-0.2, -0.15) is 0 Å². The fourth-order valence-corrected chi connectivity index (χ4v) is 3.36. The average Bonchev–Trinajstić information content (AvgIpc) is 3.22. The summed E-state index contributed by atoms with van der Waals surface area (Å²) in [4.78, 5) is 28.2. The fraction of sp³-hybridized carbons (Fsp3) is 0.350. The minimum Gasteiger partial charge on any atom is -0.368 e.